The van der Waals surface area contributed by atoms with E-state index in [9.17, 15) is 9.59 Å². The average molecular weight is 461 g/mol. The summed E-state index contributed by atoms with van der Waals surface area (Å²) >= 11 is 0. The predicted molar refractivity (Wildman–Crippen MR) is 130 cm³/mol. The van der Waals surface area contributed by atoms with Crippen molar-refractivity contribution in [2.75, 3.05) is 39.4 Å². The maximum Gasteiger partial charge on any atom is 0.253 e. The Bertz CT molecular complexity index is 1150. The van der Waals surface area contributed by atoms with Gasteiger partial charge in [0.15, 0.2) is 0 Å². The zero-order valence-corrected chi connectivity index (χ0v) is 19.7. The van der Waals surface area contributed by atoms with Crippen molar-refractivity contribution in [1.29, 1.82) is 0 Å². The number of fused-ring (bicyclic) bond motifs is 1. The molecule has 2 aromatic carbocycles. The first-order valence-corrected chi connectivity index (χ1v) is 12.2. The summed E-state index contributed by atoms with van der Waals surface area (Å²) in [5.74, 6) is 0.471. The maximum atomic E-state index is 13.7. The molecule has 2 aliphatic rings. The van der Waals surface area contributed by atoms with Gasteiger partial charge in [-0.1, -0.05) is 37.3 Å². The number of ether oxygens (including phenoxy) is 1. The van der Waals surface area contributed by atoms with E-state index < -0.39 is 5.41 Å². The quantitative estimate of drug-likeness (QED) is 0.579. The van der Waals surface area contributed by atoms with Crippen LogP contribution in [0.25, 0.3) is 11.0 Å². The average Bonchev–Trinajstić information content (AvgIpc) is 3.24. The van der Waals surface area contributed by atoms with Crippen molar-refractivity contribution in [1.82, 2.24) is 9.80 Å². The number of furan rings is 1. The highest BCUT2D eigenvalue weighted by atomic mass is 16.5. The molecule has 2 amide bonds. The van der Waals surface area contributed by atoms with E-state index in [1.807, 2.05) is 58.3 Å². The van der Waals surface area contributed by atoms with Crippen LogP contribution in [-0.2, 0) is 16.0 Å². The monoisotopic (exact) mass is 460 g/mol. The Morgan fingerprint density at radius 3 is 2.56 bits per heavy atom. The van der Waals surface area contributed by atoms with Crippen LogP contribution in [0.1, 0.15) is 35.7 Å². The summed E-state index contributed by atoms with van der Waals surface area (Å²) in [4.78, 5) is 30.4. The van der Waals surface area contributed by atoms with Crippen molar-refractivity contribution < 1.29 is 18.7 Å². The minimum absolute atomic E-state index is 0.0479. The van der Waals surface area contributed by atoms with Crippen LogP contribution in [0.2, 0.25) is 0 Å². The van der Waals surface area contributed by atoms with Crippen LogP contribution in [0.15, 0.2) is 65.3 Å². The minimum atomic E-state index is -0.451. The van der Waals surface area contributed by atoms with Gasteiger partial charge >= 0.3 is 0 Å². The van der Waals surface area contributed by atoms with E-state index in [1.54, 1.807) is 6.26 Å². The molecule has 3 aromatic rings. The molecule has 1 aromatic heterocycles. The third-order valence-corrected chi connectivity index (χ3v) is 7.41. The number of nitrogens with zero attached hydrogens (tertiary/aromatic N) is 2. The Morgan fingerprint density at radius 2 is 1.76 bits per heavy atom. The first-order chi connectivity index (χ1) is 16.5. The Morgan fingerprint density at radius 1 is 0.971 bits per heavy atom. The SMILES string of the molecule is CC1(C(=O)N2CCOC[C@@H](Cc3cccc4occc34)C2)CCN(C(=O)c2ccccc2)CC1. The van der Waals surface area contributed by atoms with Crippen LogP contribution in [0.5, 0.6) is 0 Å². The lowest BCUT2D eigenvalue weighted by molar-refractivity contribution is -0.144. The van der Waals surface area contributed by atoms with Gasteiger partial charge in [0.25, 0.3) is 5.91 Å². The molecule has 0 spiro atoms. The molecule has 3 heterocycles. The molecule has 6 heteroatoms. The summed E-state index contributed by atoms with van der Waals surface area (Å²) in [6, 6.07) is 17.5. The lowest BCUT2D eigenvalue weighted by Crippen LogP contribution is -2.51. The molecular formula is C28H32N2O4. The lowest BCUT2D eigenvalue weighted by atomic mass is 9.78. The Kier molecular flexibility index (Phi) is 6.42. The number of hydrogen-bond donors (Lipinski definition) is 0. The summed E-state index contributed by atoms with van der Waals surface area (Å²) in [6.07, 6.45) is 3.93. The van der Waals surface area contributed by atoms with Crippen LogP contribution in [0.4, 0.5) is 0 Å². The smallest absolute Gasteiger partial charge is 0.253 e. The van der Waals surface area contributed by atoms with Crippen molar-refractivity contribution in [3.63, 3.8) is 0 Å². The van der Waals surface area contributed by atoms with Gasteiger partial charge in [-0.2, -0.15) is 0 Å². The second kappa shape index (κ2) is 9.63. The number of piperidine rings is 1. The zero-order chi connectivity index (χ0) is 23.5. The van der Waals surface area contributed by atoms with E-state index in [1.165, 1.54) is 5.56 Å². The van der Waals surface area contributed by atoms with Crippen molar-refractivity contribution in [2.45, 2.75) is 26.2 Å². The van der Waals surface area contributed by atoms with E-state index in [4.69, 9.17) is 9.15 Å². The lowest BCUT2D eigenvalue weighted by Gasteiger charge is -2.41. The molecule has 34 heavy (non-hydrogen) atoms. The third-order valence-electron chi connectivity index (χ3n) is 7.41. The predicted octanol–water partition coefficient (Wildman–Crippen LogP) is 4.39. The topological polar surface area (TPSA) is 63.0 Å². The molecule has 2 aliphatic heterocycles. The second-order valence-electron chi connectivity index (χ2n) is 9.86. The van der Waals surface area contributed by atoms with Crippen molar-refractivity contribution >= 4 is 22.8 Å². The van der Waals surface area contributed by atoms with Crippen LogP contribution < -0.4 is 0 Å². The molecule has 0 aliphatic carbocycles. The fraction of sp³-hybridized carbons (Fsp3) is 0.429. The Labute approximate surface area is 200 Å². The summed E-state index contributed by atoms with van der Waals surface area (Å²) in [5, 5.41) is 1.13. The molecule has 1 atom stereocenters. The van der Waals surface area contributed by atoms with Crippen LogP contribution in [-0.4, -0.2) is 61.0 Å². The second-order valence-corrected chi connectivity index (χ2v) is 9.86. The molecule has 0 radical (unpaired) electrons. The van der Waals surface area contributed by atoms with Crippen molar-refractivity contribution in [3.8, 4) is 0 Å². The summed E-state index contributed by atoms with van der Waals surface area (Å²) in [6.45, 7) is 5.79. The summed E-state index contributed by atoms with van der Waals surface area (Å²) < 4.78 is 11.5. The van der Waals surface area contributed by atoms with E-state index >= 15 is 0 Å². The van der Waals surface area contributed by atoms with E-state index in [-0.39, 0.29) is 17.7 Å². The molecule has 2 fully saturated rings. The van der Waals surface area contributed by atoms with Crippen LogP contribution in [0, 0.1) is 11.3 Å². The molecule has 5 rings (SSSR count). The van der Waals surface area contributed by atoms with Gasteiger partial charge < -0.3 is 19.0 Å². The van der Waals surface area contributed by atoms with Gasteiger partial charge in [-0.3, -0.25) is 9.59 Å². The number of benzene rings is 2. The number of carbonyl (C=O) groups is 2. The van der Waals surface area contributed by atoms with Gasteiger partial charge in [0.1, 0.15) is 5.58 Å². The van der Waals surface area contributed by atoms with Crippen molar-refractivity contribution in [2.24, 2.45) is 11.3 Å². The number of amides is 2. The molecule has 0 unspecified atom stereocenters. The molecule has 0 bridgehead atoms. The highest BCUT2D eigenvalue weighted by Crippen LogP contribution is 2.34. The van der Waals surface area contributed by atoms with Crippen LogP contribution >= 0.6 is 0 Å². The Hall–Kier alpha value is -3.12. The fourth-order valence-electron chi connectivity index (χ4n) is 5.30. The van der Waals surface area contributed by atoms with Gasteiger partial charge in [0, 0.05) is 48.5 Å². The van der Waals surface area contributed by atoms with Gasteiger partial charge in [0.05, 0.1) is 19.5 Å². The number of carbonyl (C=O) groups excluding carboxylic acids is 2. The van der Waals surface area contributed by atoms with E-state index in [0.717, 1.165) is 17.4 Å². The van der Waals surface area contributed by atoms with Crippen molar-refractivity contribution in [3.05, 3.63) is 72.0 Å². The van der Waals surface area contributed by atoms with Gasteiger partial charge in [-0.15, -0.1) is 0 Å². The normalized spacial score (nSPS) is 20.8. The van der Waals surface area contributed by atoms with Gasteiger partial charge in [-0.05, 0) is 49.1 Å². The first kappa shape index (κ1) is 22.7. The zero-order valence-electron chi connectivity index (χ0n) is 19.7. The molecular weight excluding hydrogens is 428 g/mol. The summed E-state index contributed by atoms with van der Waals surface area (Å²) in [5.41, 5.74) is 2.38. The highest BCUT2D eigenvalue weighted by Gasteiger charge is 2.41. The fourth-order valence-corrected chi connectivity index (χ4v) is 5.30. The van der Waals surface area contributed by atoms with Gasteiger partial charge in [0.2, 0.25) is 5.91 Å². The molecule has 2 saturated heterocycles. The third kappa shape index (κ3) is 4.60. The maximum absolute atomic E-state index is 13.7. The number of rotatable bonds is 4. The summed E-state index contributed by atoms with van der Waals surface area (Å²) in [7, 11) is 0. The highest BCUT2D eigenvalue weighted by molar-refractivity contribution is 5.94. The minimum Gasteiger partial charge on any atom is -0.464 e. The number of hydrogen-bond acceptors (Lipinski definition) is 4. The molecule has 0 saturated carbocycles. The van der Waals surface area contributed by atoms with Crippen LogP contribution in [0.3, 0.4) is 0 Å². The molecule has 6 nitrogen and oxygen atoms in total. The standard InChI is InChI=1S/C28H32N2O4/c1-28(11-13-29(14-12-28)26(31)22-6-3-2-4-7-22)27(32)30-15-17-33-20-21(19-30)18-23-8-5-9-25-24(23)10-16-34-25/h2-10,16,21H,11-15,17-20H2,1H3/t21-/m0/s1. The Balaban J connectivity index is 1.23. The van der Waals surface area contributed by atoms with Gasteiger partial charge in [-0.25, -0.2) is 0 Å². The number of likely N-dealkylation sites (tertiary alicyclic amines) is 1. The molecule has 178 valence electrons. The molecule has 0 N–H and O–H groups in total. The van der Waals surface area contributed by atoms with E-state index in [2.05, 4.69) is 13.0 Å². The largest absolute Gasteiger partial charge is 0.464 e. The van der Waals surface area contributed by atoms with E-state index in [0.29, 0.717) is 57.8 Å². The first-order valence-electron chi connectivity index (χ1n) is 12.2.